The summed E-state index contributed by atoms with van der Waals surface area (Å²) in [5.74, 6) is -1.73. The van der Waals surface area contributed by atoms with Crippen LogP contribution in [0.4, 0.5) is 4.79 Å². The van der Waals surface area contributed by atoms with E-state index in [4.69, 9.17) is 9.47 Å². The average molecular weight is 556 g/mol. The van der Waals surface area contributed by atoms with Crippen LogP contribution in [-0.4, -0.2) is 52.7 Å². The molecule has 10 heteroatoms. The molecule has 0 spiro atoms. The number of alkyl carbamates (subject to hydrolysis) is 1. The summed E-state index contributed by atoms with van der Waals surface area (Å²) in [5.41, 5.74) is 0.995. The van der Waals surface area contributed by atoms with Crippen molar-refractivity contribution in [3.05, 3.63) is 65.7 Å². The standard InChI is InChI=1S/C30H41N3O7/c1-6-7-13-24(28(36)37)32-26(34)20(2)31-27(35)25(33-29(38)40-30(3,4)5)18-21-14-16-23(17-15-21)39-19-22-11-9-8-10-12-22/h8-12,14-17,20,24-25H,6-7,13,18-19H2,1-5H3,(H,31,35)(H,32,34)(H,33,38)(H,36,37)/t20-,24-,25+/m0/s1. The van der Waals surface area contributed by atoms with Gasteiger partial charge in [0.15, 0.2) is 0 Å². The van der Waals surface area contributed by atoms with Crippen molar-refractivity contribution in [1.29, 1.82) is 0 Å². The van der Waals surface area contributed by atoms with Gasteiger partial charge >= 0.3 is 12.1 Å². The van der Waals surface area contributed by atoms with Crippen LogP contribution in [0.1, 0.15) is 65.0 Å². The van der Waals surface area contributed by atoms with Gasteiger partial charge in [-0.15, -0.1) is 0 Å². The van der Waals surface area contributed by atoms with Crippen LogP contribution in [0.3, 0.4) is 0 Å². The molecule has 0 unspecified atom stereocenters. The Kier molecular flexibility index (Phi) is 12.4. The fourth-order valence-electron chi connectivity index (χ4n) is 3.70. The second-order valence-corrected chi connectivity index (χ2v) is 10.6. The van der Waals surface area contributed by atoms with Crippen molar-refractivity contribution >= 4 is 23.9 Å². The van der Waals surface area contributed by atoms with Crippen molar-refractivity contribution in [3.8, 4) is 5.75 Å². The van der Waals surface area contributed by atoms with Crippen molar-refractivity contribution in [2.45, 2.75) is 90.6 Å². The molecule has 0 radical (unpaired) electrons. The molecule has 3 atom stereocenters. The van der Waals surface area contributed by atoms with Gasteiger partial charge in [-0.05, 0) is 57.4 Å². The summed E-state index contributed by atoms with van der Waals surface area (Å²) in [6.45, 7) is 8.91. The van der Waals surface area contributed by atoms with Crippen molar-refractivity contribution < 1.29 is 33.8 Å². The number of benzene rings is 2. The number of carboxylic acid groups (broad SMARTS) is 1. The number of ether oxygens (including phenoxy) is 2. The molecule has 0 aliphatic carbocycles. The molecule has 0 bridgehead atoms. The molecule has 0 aliphatic rings. The molecule has 0 aliphatic heterocycles. The first-order chi connectivity index (χ1) is 18.9. The number of aliphatic carboxylic acids is 1. The molecule has 218 valence electrons. The Labute approximate surface area is 235 Å². The molecule has 2 rings (SSSR count). The predicted molar refractivity (Wildman–Crippen MR) is 151 cm³/mol. The van der Waals surface area contributed by atoms with E-state index in [0.29, 0.717) is 18.8 Å². The molecule has 0 fully saturated rings. The zero-order valence-corrected chi connectivity index (χ0v) is 23.9. The van der Waals surface area contributed by atoms with E-state index in [1.165, 1.54) is 6.92 Å². The minimum atomic E-state index is -1.14. The van der Waals surface area contributed by atoms with Gasteiger partial charge in [-0.3, -0.25) is 9.59 Å². The summed E-state index contributed by atoms with van der Waals surface area (Å²) in [6.07, 6.45) is 1.04. The van der Waals surface area contributed by atoms with Crippen molar-refractivity contribution in [1.82, 2.24) is 16.0 Å². The summed E-state index contributed by atoms with van der Waals surface area (Å²) in [4.78, 5) is 49.8. The van der Waals surface area contributed by atoms with Crippen LogP contribution < -0.4 is 20.7 Å². The van der Waals surface area contributed by atoms with Gasteiger partial charge in [0.1, 0.15) is 36.1 Å². The lowest BCUT2D eigenvalue weighted by Gasteiger charge is -2.25. The summed E-state index contributed by atoms with van der Waals surface area (Å²) in [7, 11) is 0. The van der Waals surface area contributed by atoms with E-state index in [1.807, 2.05) is 37.3 Å². The highest BCUT2D eigenvalue weighted by Gasteiger charge is 2.28. The van der Waals surface area contributed by atoms with E-state index in [9.17, 15) is 24.3 Å². The van der Waals surface area contributed by atoms with Crippen LogP contribution in [0.2, 0.25) is 0 Å². The molecule has 10 nitrogen and oxygen atoms in total. The fraction of sp³-hybridized carbons (Fsp3) is 0.467. The maximum absolute atomic E-state index is 13.2. The molecule has 4 N–H and O–H groups in total. The van der Waals surface area contributed by atoms with Gasteiger partial charge in [0.2, 0.25) is 11.8 Å². The lowest BCUT2D eigenvalue weighted by Crippen LogP contribution is -2.55. The van der Waals surface area contributed by atoms with Crippen LogP contribution in [-0.2, 0) is 32.1 Å². The first kappa shape index (κ1) is 32.1. The van der Waals surface area contributed by atoms with Gasteiger partial charge in [0, 0.05) is 6.42 Å². The molecule has 40 heavy (non-hydrogen) atoms. The summed E-state index contributed by atoms with van der Waals surface area (Å²) >= 11 is 0. The topological polar surface area (TPSA) is 143 Å². The predicted octanol–water partition coefficient (Wildman–Crippen LogP) is 3.97. The third-order valence-corrected chi connectivity index (χ3v) is 5.83. The second-order valence-electron chi connectivity index (χ2n) is 10.6. The number of hydrogen-bond acceptors (Lipinski definition) is 6. The summed E-state index contributed by atoms with van der Waals surface area (Å²) in [5, 5.41) is 17.0. The number of rotatable bonds is 14. The van der Waals surface area contributed by atoms with Gasteiger partial charge in [-0.25, -0.2) is 9.59 Å². The maximum Gasteiger partial charge on any atom is 0.408 e. The third kappa shape index (κ3) is 11.8. The number of nitrogens with one attached hydrogen (secondary N) is 3. The lowest BCUT2D eigenvalue weighted by molar-refractivity contribution is -0.142. The van der Waals surface area contributed by atoms with Gasteiger partial charge in [-0.2, -0.15) is 0 Å². The normalized spacial score (nSPS) is 13.3. The zero-order chi connectivity index (χ0) is 29.7. The number of carbonyl (C=O) groups is 4. The van der Waals surface area contributed by atoms with Gasteiger partial charge < -0.3 is 30.5 Å². The number of carboxylic acids is 1. The van der Waals surface area contributed by atoms with Crippen LogP contribution >= 0.6 is 0 Å². The molecule has 2 aromatic carbocycles. The molecule has 0 saturated heterocycles. The zero-order valence-electron chi connectivity index (χ0n) is 23.9. The molecule has 0 saturated carbocycles. The minimum Gasteiger partial charge on any atom is -0.489 e. The Bertz CT molecular complexity index is 1110. The van der Waals surface area contributed by atoms with Gasteiger partial charge in [-0.1, -0.05) is 62.2 Å². The maximum atomic E-state index is 13.2. The molecular formula is C30H41N3O7. The Hall–Kier alpha value is -4.08. The van der Waals surface area contributed by atoms with Crippen LogP contribution in [0.5, 0.6) is 5.75 Å². The second kappa shape index (κ2) is 15.5. The Balaban J connectivity index is 2.08. The summed E-state index contributed by atoms with van der Waals surface area (Å²) in [6, 6.07) is 13.7. The van der Waals surface area contributed by atoms with Crippen LogP contribution in [0.25, 0.3) is 0 Å². The largest absolute Gasteiger partial charge is 0.489 e. The summed E-state index contributed by atoms with van der Waals surface area (Å²) < 4.78 is 11.1. The number of amides is 3. The average Bonchev–Trinajstić information content (AvgIpc) is 2.89. The van der Waals surface area contributed by atoms with Gasteiger partial charge in [0.05, 0.1) is 0 Å². The minimum absolute atomic E-state index is 0.118. The van der Waals surface area contributed by atoms with Crippen LogP contribution in [0, 0.1) is 0 Å². The Morgan fingerprint density at radius 1 is 0.850 bits per heavy atom. The lowest BCUT2D eigenvalue weighted by atomic mass is 10.0. The quantitative estimate of drug-likeness (QED) is 0.276. The number of unbranched alkanes of at least 4 members (excludes halogenated alkanes) is 1. The van der Waals surface area contributed by atoms with E-state index < -0.39 is 47.6 Å². The number of hydrogen-bond donors (Lipinski definition) is 4. The monoisotopic (exact) mass is 555 g/mol. The highest BCUT2D eigenvalue weighted by Crippen LogP contribution is 2.16. The highest BCUT2D eigenvalue weighted by atomic mass is 16.6. The van der Waals surface area contributed by atoms with Crippen LogP contribution in [0.15, 0.2) is 54.6 Å². The highest BCUT2D eigenvalue weighted by molar-refractivity contribution is 5.92. The van der Waals surface area contributed by atoms with Gasteiger partial charge in [0.25, 0.3) is 0 Å². The molecule has 0 heterocycles. The molecule has 2 aromatic rings. The number of carbonyl (C=O) groups excluding carboxylic acids is 3. The fourth-order valence-corrected chi connectivity index (χ4v) is 3.70. The Morgan fingerprint density at radius 2 is 1.50 bits per heavy atom. The van der Waals surface area contributed by atoms with Crippen molar-refractivity contribution in [3.63, 3.8) is 0 Å². The van der Waals surface area contributed by atoms with E-state index in [2.05, 4.69) is 16.0 Å². The first-order valence-corrected chi connectivity index (χ1v) is 13.5. The van der Waals surface area contributed by atoms with E-state index >= 15 is 0 Å². The van der Waals surface area contributed by atoms with E-state index in [-0.39, 0.29) is 12.8 Å². The SMILES string of the molecule is CCCC[C@H](NC(=O)[C@H](C)NC(=O)[C@@H](Cc1ccc(OCc2ccccc2)cc1)NC(=O)OC(C)(C)C)C(=O)O. The van der Waals surface area contributed by atoms with Crippen molar-refractivity contribution in [2.24, 2.45) is 0 Å². The molecule has 3 amide bonds. The molecular weight excluding hydrogens is 514 g/mol. The Morgan fingerprint density at radius 3 is 2.08 bits per heavy atom. The van der Waals surface area contributed by atoms with E-state index in [1.54, 1.807) is 45.0 Å². The third-order valence-electron chi connectivity index (χ3n) is 5.83. The first-order valence-electron chi connectivity index (χ1n) is 13.5. The molecule has 0 aromatic heterocycles. The van der Waals surface area contributed by atoms with E-state index in [0.717, 1.165) is 17.5 Å². The smallest absolute Gasteiger partial charge is 0.408 e. The van der Waals surface area contributed by atoms with Crippen molar-refractivity contribution in [2.75, 3.05) is 0 Å².